The van der Waals surface area contributed by atoms with E-state index in [9.17, 15) is 122 Å². The molecule has 0 radical (unpaired) electrons. The van der Waals surface area contributed by atoms with Crippen molar-refractivity contribution < 1.29 is 122 Å². The summed E-state index contributed by atoms with van der Waals surface area (Å²) in [7, 11) is 0. The van der Waals surface area contributed by atoms with Crippen LogP contribution < -0.4 is 97.0 Å². The van der Waals surface area contributed by atoms with Crippen molar-refractivity contribution in [1.29, 1.82) is 0 Å². The van der Waals surface area contributed by atoms with Crippen molar-refractivity contribution in [3.8, 4) is 11.5 Å². The minimum absolute atomic E-state index is 0.104. The van der Waals surface area contributed by atoms with Gasteiger partial charge < -0.3 is 138 Å². The van der Waals surface area contributed by atoms with Gasteiger partial charge in [0, 0.05) is 19.3 Å². The number of rotatable bonds is 58. The van der Waals surface area contributed by atoms with Crippen molar-refractivity contribution >= 4 is 124 Å². The Morgan fingerprint density at radius 3 is 1.06 bits per heavy atom. The Kier molecular flexibility index (Phi) is 49.9. The molecule has 19 atom stereocenters. The van der Waals surface area contributed by atoms with Gasteiger partial charge in [0.2, 0.25) is 94.5 Å². The van der Waals surface area contributed by atoms with E-state index in [-0.39, 0.29) is 61.7 Å². The molecule has 16 amide bonds. The van der Waals surface area contributed by atoms with E-state index in [4.69, 9.17) is 17.2 Å². The van der Waals surface area contributed by atoms with Gasteiger partial charge in [-0.25, -0.2) is 4.79 Å². The van der Waals surface area contributed by atoms with Crippen LogP contribution in [-0.4, -0.2) is 301 Å². The standard InChI is InChI=1S/C80H130N18O25S2/c1-14-41(8)62(96-75(117)60(39(4)5)93-66(108)49(82)36-99)77(119)95-61(40(6)7)76(118)98-64(43(10)102)78(120)88-51(26-27-57(83)106)68(110)86-53(29-32-125-13)71(113)97-63(42(9)101)79(121)90-55(34-46-20-24-48(105)25-21-46)72(114)85-50(17-15-16-30-81)70(112)94-59(38(2)3)74(116)89-54(33-45-18-22-47(104)23-19-45)73(115)87-52(28-31-124-12)69(111)91-56(37-100)67(109)84-35-58(107)92-65(44(11)103)80(122)123/h18-25,38-44,49-56,59-65,99-105H,14-17,26-37,81-82H2,1-13H3,(H2,83,106)(H,84,109)(H,85,114)(H,86,110)(H,87,115)(H,88,120)(H,89,116)(H,90,121)(H,91,111)(H,92,107)(H,93,108)(H,94,112)(H,95,119)(H,96,117)(H,97,113)(H,98,118)(H,122,123)/t41-,42+,43+,44+,49-,50-,51-,52-,53-,54-,55-,56-,59-,60-,61-,62-,63-,64-,65-/m0/s1. The average Bonchev–Trinajstić information content (AvgIpc) is 0.845. The maximum atomic E-state index is 14.9. The number of hydrogen-bond donors (Lipinski definition) is 26. The summed E-state index contributed by atoms with van der Waals surface area (Å²) >= 11 is 2.46. The summed E-state index contributed by atoms with van der Waals surface area (Å²) in [6.45, 7) is 13.6. The van der Waals surface area contributed by atoms with Crippen molar-refractivity contribution in [1.82, 2.24) is 79.8 Å². The summed E-state index contributed by atoms with van der Waals surface area (Å²) < 4.78 is 0. The Labute approximate surface area is 734 Å². The number of amides is 16. The fraction of sp³-hybridized carbons (Fsp3) is 0.637. The molecule has 702 valence electrons. The van der Waals surface area contributed by atoms with Crippen LogP contribution in [0.25, 0.3) is 0 Å². The van der Waals surface area contributed by atoms with Crippen molar-refractivity contribution in [2.45, 2.75) is 249 Å². The van der Waals surface area contributed by atoms with Gasteiger partial charge in [-0.3, -0.25) is 76.7 Å². The van der Waals surface area contributed by atoms with Crippen molar-refractivity contribution in [3.05, 3.63) is 59.7 Å². The van der Waals surface area contributed by atoms with Crippen LogP contribution >= 0.6 is 23.5 Å². The topological polar surface area (TPSA) is 711 Å². The summed E-state index contributed by atoms with van der Waals surface area (Å²) in [6.07, 6.45) is -3.20. The van der Waals surface area contributed by atoms with Crippen LogP contribution in [0.5, 0.6) is 11.5 Å². The van der Waals surface area contributed by atoms with E-state index in [1.54, 1.807) is 67.9 Å². The SMILES string of the molecule is CC[C@H](C)[C@H](NC(=O)[C@@H](NC(=O)[C@@H](N)CO)C(C)C)C(=O)N[C@H](C(=O)N[C@H](C(=O)N[C@@H](CCC(N)=O)C(=O)N[C@@H](CCSC)C(=O)N[C@H](C(=O)N[C@@H](Cc1ccc(O)cc1)C(=O)N[C@@H](CCCCN)C(=O)N[C@H](C(=O)N[C@@H](Cc1ccc(O)cc1)C(=O)N[C@@H](CCSC)C(=O)N[C@@H](CO)C(=O)NCC(=O)N[C@H](C(=O)O)[C@@H](C)O)C(C)C)[C@@H](C)O)[C@@H](C)O)C(C)C. The summed E-state index contributed by atoms with van der Waals surface area (Å²) in [4.78, 5) is 235. The van der Waals surface area contributed by atoms with E-state index in [2.05, 4.69) is 74.4 Å². The van der Waals surface area contributed by atoms with Crippen molar-refractivity contribution in [3.63, 3.8) is 0 Å². The Bertz CT molecular complexity index is 3900. The first-order valence-corrected chi connectivity index (χ1v) is 43.8. The number of phenols is 2. The van der Waals surface area contributed by atoms with E-state index in [0.29, 0.717) is 24.0 Å². The highest BCUT2D eigenvalue weighted by atomic mass is 32.2. The number of nitrogens with two attached hydrogens (primary N) is 3. The molecule has 0 aliphatic carbocycles. The van der Waals surface area contributed by atoms with Gasteiger partial charge in [0.15, 0.2) is 6.04 Å². The molecule has 0 heterocycles. The lowest BCUT2D eigenvalue weighted by Crippen LogP contribution is -2.63. The van der Waals surface area contributed by atoms with Crippen molar-refractivity contribution in [2.75, 3.05) is 50.3 Å². The Balaban J connectivity index is 2.59. The van der Waals surface area contributed by atoms with Crippen LogP contribution in [-0.2, 0) is 94.3 Å². The molecule has 0 aromatic heterocycles. The predicted octanol–water partition coefficient (Wildman–Crippen LogP) is -6.76. The van der Waals surface area contributed by atoms with Gasteiger partial charge in [-0.2, -0.15) is 23.5 Å². The van der Waals surface area contributed by atoms with E-state index in [1.807, 2.05) is 5.32 Å². The largest absolute Gasteiger partial charge is 0.508 e. The number of carbonyl (C=O) groups is 17. The van der Waals surface area contributed by atoms with Gasteiger partial charge in [0.1, 0.15) is 96.1 Å². The number of aliphatic hydroxyl groups excluding tert-OH is 5. The number of phenolic OH excluding ortho intramolecular Hbond substituents is 2. The monoisotopic (exact) mass is 1810 g/mol. The first kappa shape index (κ1) is 111. The number of thioether (sulfide) groups is 2. The maximum absolute atomic E-state index is 14.9. The number of primary amides is 1. The normalized spacial score (nSPS) is 15.9. The predicted molar refractivity (Wildman–Crippen MR) is 460 cm³/mol. The molecule has 0 fully saturated rings. The second kappa shape index (κ2) is 56.4. The second-order valence-electron chi connectivity index (χ2n) is 31.4. The number of carbonyl (C=O) groups excluding carboxylic acids is 16. The Morgan fingerprint density at radius 2 is 0.696 bits per heavy atom. The molecular formula is C80H130N18O25S2. The molecule has 2 aromatic rings. The highest BCUT2D eigenvalue weighted by Gasteiger charge is 2.41. The van der Waals surface area contributed by atoms with Gasteiger partial charge in [-0.15, -0.1) is 0 Å². The summed E-state index contributed by atoms with van der Waals surface area (Å²) in [5, 5.41) is 118. The number of aliphatic carboxylic acids is 1. The van der Waals surface area contributed by atoms with Gasteiger partial charge in [-0.1, -0.05) is 86.1 Å². The Morgan fingerprint density at radius 1 is 0.376 bits per heavy atom. The number of hydrogen-bond acceptors (Lipinski definition) is 28. The number of carboxylic acids is 1. The van der Waals surface area contributed by atoms with Crippen LogP contribution in [0.3, 0.4) is 0 Å². The van der Waals surface area contributed by atoms with Crippen molar-refractivity contribution in [2.24, 2.45) is 40.9 Å². The lowest BCUT2D eigenvalue weighted by atomic mass is 9.95. The fourth-order valence-electron chi connectivity index (χ4n) is 12.1. The van der Waals surface area contributed by atoms with E-state index >= 15 is 0 Å². The fourth-order valence-corrected chi connectivity index (χ4v) is 13.1. The zero-order chi connectivity index (χ0) is 94.8. The minimum atomic E-state index is -1.96. The zero-order valence-electron chi connectivity index (χ0n) is 72.7. The molecule has 0 bridgehead atoms. The van der Waals surface area contributed by atoms with Crippen LogP contribution in [0.15, 0.2) is 48.5 Å². The minimum Gasteiger partial charge on any atom is -0.508 e. The van der Waals surface area contributed by atoms with Crippen LogP contribution in [0.2, 0.25) is 0 Å². The smallest absolute Gasteiger partial charge is 0.328 e. The molecule has 0 saturated heterocycles. The first-order chi connectivity index (χ1) is 58.7. The van der Waals surface area contributed by atoms with Gasteiger partial charge in [0.25, 0.3) is 0 Å². The number of carboxylic acid groups (broad SMARTS) is 1. The summed E-state index contributed by atoms with van der Waals surface area (Å²) in [5.74, 6) is -20.5. The Hall–Kier alpha value is -10.5. The lowest BCUT2D eigenvalue weighted by Gasteiger charge is -2.31. The molecule has 2 rings (SSSR count). The molecular weight excluding hydrogens is 1680 g/mol. The third kappa shape index (κ3) is 38.9. The number of aliphatic hydroxyl groups is 5. The van der Waals surface area contributed by atoms with E-state index in [0.717, 1.165) is 20.8 Å². The first-order valence-electron chi connectivity index (χ1n) is 41.0. The number of unbranched alkanes of at least 4 members (excludes halogenated alkanes) is 1. The number of benzene rings is 2. The second-order valence-corrected chi connectivity index (χ2v) is 33.3. The number of aromatic hydroxyl groups is 2. The van der Waals surface area contributed by atoms with Crippen LogP contribution in [0, 0.1) is 23.7 Å². The van der Waals surface area contributed by atoms with E-state index in [1.165, 1.54) is 72.1 Å². The number of nitrogens with one attached hydrogen (secondary N) is 15. The molecule has 0 spiro atoms. The van der Waals surface area contributed by atoms with Crippen LogP contribution in [0.4, 0.5) is 0 Å². The van der Waals surface area contributed by atoms with Crippen LogP contribution in [0.1, 0.15) is 139 Å². The van der Waals surface area contributed by atoms with Gasteiger partial charge in [-0.05, 0) is 149 Å². The quantitative estimate of drug-likeness (QED) is 0.0274. The third-order valence-electron chi connectivity index (χ3n) is 19.9. The highest BCUT2D eigenvalue weighted by molar-refractivity contribution is 7.98. The molecule has 43 nitrogen and oxygen atoms in total. The van der Waals surface area contributed by atoms with Gasteiger partial charge in [0.05, 0.1) is 38.1 Å². The molecule has 29 N–H and O–H groups in total. The third-order valence-corrected chi connectivity index (χ3v) is 21.2. The zero-order valence-corrected chi connectivity index (χ0v) is 74.3. The molecule has 45 heteroatoms. The highest BCUT2D eigenvalue weighted by Crippen LogP contribution is 2.19. The lowest BCUT2D eigenvalue weighted by molar-refractivity contribution is -0.144. The molecule has 2 aromatic carbocycles. The van der Waals surface area contributed by atoms with Gasteiger partial charge >= 0.3 is 5.97 Å². The molecule has 0 saturated carbocycles. The maximum Gasteiger partial charge on any atom is 0.328 e. The van der Waals surface area contributed by atoms with E-state index < -0.39 is 272 Å². The molecule has 0 aliphatic rings. The summed E-state index contributed by atoms with van der Waals surface area (Å²) in [6, 6.07) is -13.1. The molecule has 125 heavy (non-hydrogen) atoms. The molecule has 0 aliphatic heterocycles. The summed E-state index contributed by atoms with van der Waals surface area (Å²) in [5.41, 5.74) is 17.7. The average molecular weight is 1810 g/mol. The molecule has 0 unspecified atom stereocenters.